The van der Waals surface area contributed by atoms with Gasteiger partial charge in [-0.3, -0.25) is 4.68 Å². The van der Waals surface area contributed by atoms with Gasteiger partial charge in [0.15, 0.2) is 0 Å². The van der Waals surface area contributed by atoms with Crippen LogP contribution in [0.25, 0.3) is 0 Å². The van der Waals surface area contributed by atoms with Crippen molar-refractivity contribution in [1.29, 1.82) is 0 Å². The molecule has 17 heavy (non-hydrogen) atoms. The van der Waals surface area contributed by atoms with Gasteiger partial charge >= 0.3 is 0 Å². The predicted molar refractivity (Wildman–Crippen MR) is 73.4 cm³/mol. The molecule has 1 saturated carbocycles. The molecule has 0 radical (unpaired) electrons. The van der Waals surface area contributed by atoms with Gasteiger partial charge in [0.05, 0.1) is 6.20 Å². The molecule has 1 aromatic heterocycles. The van der Waals surface area contributed by atoms with Crippen LogP contribution in [0.1, 0.15) is 45.1 Å². The highest BCUT2D eigenvalue weighted by atomic mass is 35.5. The molecule has 0 saturated heterocycles. The Morgan fingerprint density at radius 3 is 2.82 bits per heavy atom. The summed E-state index contributed by atoms with van der Waals surface area (Å²) in [6.45, 7) is 7.68. The third-order valence-electron chi connectivity index (χ3n) is 3.58. The van der Waals surface area contributed by atoms with E-state index in [0.717, 1.165) is 26.1 Å². The number of hydrogen-bond acceptors (Lipinski definition) is 2. The van der Waals surface area contributed by atoms with Gasteiger partial charge < -0.3 is 5.32 Å². The molecular formula is C13H24ClN3. The van der Waals surface area contributed by atoms with E-state index >= 15 is 0 Å². The maximum Gasteiger partial charge on any atom is 0.0534 e. The molecule has 1 aliphatic rings. The summed E-state index contributed by atoms with van der Waals surface area (Å²) in [5, 5.41) is 7.88. The number of nitrogens with one attached hydrogen (secondary N) is 1. The standard InChI is InChI=1S/C13H23N3.ClH/c1-3-7-16-10-12(9-15-16)8-14-11-13(2)5-4-6-13;/h9-10,14H,3-8,11H2,1-2H3;1H. The third-order valence-corrected chi connectivity index (χ3v) is 3.58. The molecule has 0 spiro atoms. The molecule has 1 N–H and O–H groups in total. The molecule has 0 bridgehead atoms. The fraction of sp³-hybridized carbons (Fsp3) is 0.769. The number of hydrogen-bond donors (Lipinski definition) is 1. The van der Waals surface area contributed by atoms with E-state index in [-0.39, 0.29) is 12.4 Å². The fourth-order valence-electron chi connectivity index (χ4n) is 2.31. The molecule has 0 atom stereocenters. The lowest BCUT2D eigenvalue weighted by Gasteiger charge is -2.38. The zero-order chi connectivity index (χ0) is 11.4. The molecule has 0 amide bonds. The maximum atomic E-state index is 4.33. The van der Waals surface area contributed by atoms with Crippen molar-refractivity contribution >= 4 is 12.4 Å². The van der Waals surface area contributed by atoms with Crippen LogP contribution in [-0.2, 0) is 13.1 Å². The molecule has 4 heteroatoms. The van der Waals surface area contributed by atoms with Crippen LogP contribution in [0.2, 0.25) is 0 Å². The molecule has 1 aliphatic carbocycles. The first-order chi connectivity index (χ1) is 7.72. The second-order valence-electron chi connectivity index (χ2n) is 5.38. The van der Waals surface area contributed by atoms with Gasteiger partial charge in [0.1, 0.15) is 0 Å². The summed E-state index contributed by atoms with van der Waals surface area (Å²) in [6, 6.07) is 0. The van der Waals surface area contributed by atoms with Crippen LogP contribution >= 0.6 is 12.4 Å². The SMILES string of the molecule is CCCn1cc(CNCC2(C)CCC2)cn1.Cl. The van der Waals surface area contributed by atoms with E-state index < -0.39 is 0 Å². The van der Waals surface area contributed by atoms with Crippen LogP contribution in [-0.4, -0.2) is 16.3 Å². The number of halogens is 1. The van der Waals surface area contributed by atoms with E-state index in [9.17, 15) is 0 Å². The van der Waals surface area contributed by atoms with Gasteiger partial charge in [0.25, 0.3) is 0 Å². The molecule has 2 rings (SSSR count). The van der Waals surface area contributed by atoms with Crippen LogP contribution in [0, 0.1) is 5.41 Å². The highest BCUT2D eigenvalue weighted by Gasteiger charge is 2.30. The van der Waals surface area contributed by atoms with Crippen molar-refractivity contribution in [2.45, 2.75) is 52.6 Å². The quantitative estimate of drug-likeness (QED) is 0.849. The number of aromatic nitrogens is 2. The van der Waals surface area contributed by atoms with Crippen LogP contribution < -0.4 is 5.32 Å². The normalized spacial score (nSPS) is 17.3. The van der Waals surface area contributed by atoms with E-state index in [2.05, 4.69) is 30.5 Å². The monoisotopic (exact) mass is 257 g/mol. The smallest absolute Gasteiger partial charge is 0.0534 e. The molecule has 1 fully saturated rings. The van der Waals surface area contributed by atoms with Crippen molar-refractivity contribution in [3.8, 4) is 0 Å². The van der Waals surface area contributed by atoms with Crippen molar-refractivity contribution in [3.05, 3.63) is 18.0 Å². The summed E-state index contributed by atoms with van der Waals surface area (Å²) in [5.41, 5.74) is 1.87. The summed E-state index contributed by atoms with van der Waals surface area (Å²) >= 11 is 0. The lowest BCUT2D eigenvalue weighted by molar-refractivity contribution is 0.156. The zero-order valence-corrected chi connectivity index (χ0v) is 11.7. The van der Waals surface area contributed by atoms with Crippen molar-refractivity contribution in [2.24, 2.45) is 5.41 Å². The van der Waals surface area contributed by atoms with E-state index in [1.165, 1.54) is 24.8 Å². The first-order valence-corrected chi connectivity index (χ1v) is 6.44. The number of aryl methyl sites for hydroxylation is 1. The summed E-state index contributed by atoms with van der Waals surface area (Å²) < 4.78 is 2.03. The van der Waals surface area contributed by atoms with Crippen LogP contribution in [0.3, 0.4) is 0 Å². The largest absolute Gasteiger partial charge is 0.312 e. The molecule has 98 valence electrons. The Bertz CT molecular complexity index is 331. The van der Waals surface area contributed by atoms with Gasteiger partial charge in [0.2, 0.25) is 0 Å². The van der Waals surface area contributed by atoms with Gasteiger partial charge in [-0.2, -0.15) is 5.10 Å². The third kappa shape index (κ3) is 4.00. The minimum absolute atomic E-state index is 0. The minimum Gasteiger partial charge on any atom is -0.312 e. The number of nitrogens with zero attached hydrogens (tertiary/aromatic N) is 2. The zero-order valence-electron chi connectivity index (χ0n) is 10.9. The van der Waals surface area contributed by atoms with Gasteiger partial charge in [-0.25, -0.2) is 0 Å². The van der Waals surface area contributed by atoms with Crippen LogP contribution in [0.15, 0.2) is 12.4 Å². The minimum atomic E-state index is 0. The Morgan fingerprint density at radius 1 is 1.47 bits per heavy atom. The van der Waals surface area contributed by atoms with E-state index in [4.69, 9.17) is 0 Å². The summed E-state index contributed by atoms with van der Waals surface area (Å²) in [6.07, 6.45) is 9.45. The van der Waals surface area contributed by atoms with E-state index in [1.807, 2.05) is 10.9 Å². The van der Waals surface area contributed by atoms with Crippen LogP contribution in [0.5, 0.6) is 0 Å². The average Bonchev–Trinajstić information content (AvgIpc) is 2.64. The molecule has 0 aliphatic heterocycles. The molecule has 3 nitrogen and oxygen atoms in total. The summed E-state index contributed by atoms with van der Waals surface area (Å²) in [4.78, 5) is 0. The average molecular weight is 258 g/mol. The Kier molecular flexibility index (Phi) is 5.47. The Hall–Kier alpha value is -0.540. The molecule has 1 heterocycles. The second kappa shape index (κ2) is 6.41. The number of rotatable bonds is 6. The van der Waals surface area contributed by atoms with Gasteiger partial charge in [-0.05, 0) is 24.7 Å². The van der Waals surface area contributed by atoms with Gasteiger partial charge in [-0.1, -0.05) is 20.3 Å². The Balaban J connectivity index is 0.00000144. The van der Waals surface area contributed by atoms with Gasteiger partial charge in [0, 0.05) is 31.4 Å². The van der Waals surface area contributed by atoms with Crippen molar-refractivity contribution < 1.29 is 0 Å². The Labute approximate surface area is 110 Å². The summed E-state index contributed by atoms with van der Waals surface area (Å²) in [5.74, 6) is 0. The van der Waals surface area contributed by atoms with Crippen LogP contribution in [0.4, 0.5) is 0 Å². The molecule has 1 aromatic rings. The van der Waals surface area contributed by atoms with Crippen molar-refractivity contribution in [2.75, 3.05) is 6.54 Å². The predicted octanol–water partition coefficient (Wildman–Crippen LogP) is 2.99. The molecule has 0 unspecified atom stereocenters. The van der Waals surface area contributed by atoms with Crippen molar-refractivity contribution in [3.63, 3.8) is 0 Å². The first-order valence-electron chi connectivity index (χ1n) is 6.44. The Morgan fingerprint density at radius 2 is 2.24 bits per heavy atom. The van der Waals surface area contributed by atoms with E-state index in [1.54, 1.807) is 0 Å². The lowest BCUT2D eigenvalue weighted by Crippen LogP contribution is -2.36. The van der Waals surface area contributed by atoms with E-state index in [0.29, 0.717) is 5.41 Å². The maximum absolute atomic E-state index is 4.33. The van der Waals surface area contributed by atoms with Gasteiger partial charge in [-0.15, -0.1) is 12.4 Å². The lowest BCUT2D eigenvalue weighted by atomic mass is 9.70. The first kappa shape index (κ1) is 14.5. The second-order valence-corrected chi connectivity index (χ2v) is 5.38. The summed E-state index contributed by atoms with van der Waals surface area (Å²) in [7, 11) is 0. The van der Waals surface area contributed by atoms with Crippen molar-refractivity contribution in [1.82, 2.24) is 15.1 Å². The molecule has 0 aromatic carbocycles. The molecular weight excluding hydrogens is 234 g/mol. The fourth-order valence-corrected chi connectivity index (χ4v) is 2.31. The highest BCUT2D eigenvalue weighted by Crippen LogP contribution is 2.39. The topological polar surface area (TPSA) is 29.9 Å². The highest BCUT2D eigenvalue weighted by molar-refractivity contribution is 5.85.